The molecular formula is C25H28N6O3S. The maximum absolute atomic E-state index is 13.3. The zero-order chi connectivity index (χ0) is 24.1. The Morgan fingerprint density at radius 3 is 2.83 bits per heavy atom. The Bertz CT molecular complexity index is 1330. The van der Waals surface area contributed by atoms with Crippen molar-refractivity contribution in [3.05, 3.63) is 40.0 Å². The van der Waals surface area contributed by atoms with E-state index in [1.807, 2.05) is 35.9 Å². The summed E-state index contributed by atoms with van der Waals surface area (Å²) >= 11 is 1.64. The van der Waals surface area contributed by atoms with Crippen LogP contribution in [-0.2, 0) is 24.2 Å². The summed E-state index contributed by atoms with van der Waals surface area (Å²) in [4.78, 5) is 32.8. The first-order valence-electron chi connectivity index (χ1n) is 11.9. The van der Waals surface area contributed by atoms with Crippen molar-refractivity contribution < 1.29 is 14.3 Å². The Hall–Kier alpha value is -3.24. The van der Waals surface area contributed by atoms with Crippen LogP contribution in [0, 0.1) is 0 Å². The van der Waals surface area contributed by atoms with Gasteiger partial charge >= 0.3 is 6.03 Å². The molecule has 5 heterocycles. The van der Waals surface area contributed by atoms with Gasteiger partial charge in [-0.2, -0.15) is 0 Å². The highest BCUT2D eigenvalue weighted by Crippen LogP contribution is 2.40. The number of aromatic nitrogens is 2. The van der Waals surface area contributed by atoms with Gasteiger partial charge in [-0.1, -0.05) is 0 Å². The third kappa shape index (κ3) is 4.00. The number of fused-ring (bicyclic) bond motifs is 4. The molecule has 2 atom stereocenters. The van der Waals surface area contributed by atoms with Crippen LogP contribution in [0.4, 0.5) is 16.3 Å². The Morgan fingerprint density at radius 2 is 2.03 bits per heavy atom. The second-order valence-electron chi connectivity index (χ2n) is 9.37. The molecule has 10 heteroatoms. The molecule has 1 fully saturated rings. The summed E-state index contributed by atoms with van der Waals surface area (Å²) in [6.45, 7) is 7.24. The molecule has 0 bridgehead atoms. The number of aliphatic imine (C=N–C) groups is 1. The van der Waals surface area contributed by atoms with E-state index in [2.05, 4.69) is 26.3 Å². The maximum Gasteiger partial charge on any atom is 0.320 e. The molecule has 9 nitrogen and oxygen atoms in total. The fourth-order valence-corrected chi connectivity index (χ4v) is 6.46. The lowest BCUT2D eigenvalue weighted by atomic mass is 10.0. The lowest BCUT2D eigenvalue weighted by Gasteiger charge is -2.39. The molecule has 2 amide bonds. The van der Waals surface area contributed by atoms with Crippen LogP contribution in [0.3, 0.4) is 0 Å². The number of urea groups is 1. The Balaban J connectivity index is 1.29. The molecule has 0 aliphatic carbocycles. The topological polar surface area (TPSA) is 92.2 Å². The number of ether oxygens (including phenoxy) is 2. The minimum absolute atomic E-state index is 0.0544. The van der Waals surface area contributed by atoms with E-state index in [1.165, 1.54) is 10.4 Å². The number of thiophene rings is 1. The first-order chi connectivity index (χ1) is 17.0. The summed E-state index contributed by atoms with van der Waals surface area (Å²) < 4.78 is 11.4. The van der Waals surface area contributed by atoms with Gasteiger partial charge in [0.05, 0.1) is 43.5 Å². The van der Waals surface area contributed by atoms with E-state index in [1.54, 1.807) is 24.8 Å². The van der Waals surface area contributed by atoms with Crippen molar-refractivity contribution in [1.29, 1.82) is 0 Å². The Labute approximate surface area is 207 Å². The number of methoxy groups -OCH3 is 1. The highest BCUT2D eigenvalue weighted by atomic mass is 32.1. The second kappa shape index (κ2) is 8.76. The summed E-state index contributed by atoms with van der Waals surface area (Å²) in [6.07, 6.45) is 4.36. The molecule has 0 saturated carbocycles. The van der Waals surface area contributed by atoms with Crippen LogP contribution < -0.4 is 10.1 Å². The summed E-state index contributed by atoms with van der Waals surface area (Å²) in [5.41, 5.74) is 4.32. The van der Waals surface area contributed by atoms with Gasteiger partial charge in [-0.25, -0.2) is 14.8 Å². The molecule has 2 aromatic heterocycles. The van der Waals surface area contributed by atoms with Crippen molar-refractivity contribution in [3.8, 4) is 5.75 Å². The van der Waals surface area contributed by atoms with E-state index in [4.69, 9.17) is 9.47 Å². The van der Waals surface area contributed by atoms with Crippen molar-refractivity contribution in [3.63, 3.8) is 0 Å². The summed E-state index contributed by atoms with van der Waals surface area (Å²) in [5, 5.41) is 4.53. The van der Waals surface area contributed by atoms with Crippen LogP contribution in [0.2, 0.25) is 0 Å². The predicted molar refractivity (Wildman–Crippen MR) is 136 cm³/mol. The lowest BCUT2D eigenvalue weighted by Crippen LogP contribution is -2.53. The van der Waals surface area contributed by atoms with E-state index >= 15 is 0 Å². The van der Waals surface area contributed by atoms with Crippen LogP contribution in [0.5, 0.6) is 5.75 Å². The summed E-state index contributed by atoms with van der Waals surface area (Å²) in [5.74, 6) is 1.52. The largest absolute Gasteiger partial charge is 0.495 e. The van der Waals surface area contributed by atoms with Crippen LogP contribution >= 0.6 is 11.3 Å². The average Bonchev–Trinajstić information content (AvgIpc) is 3.46. The number of anilines is 2. The average molecular weight is 493 g/mol. The first kappa shape index (κ1) is 22.2. The third-order valence-electron chi connectivity index (χ3n) is 6.80. The van der Waals surface area contributed by atoms with Crippen LogP contribution in [0.25, 0.3) is 10.2 Å². The molecule has 182 valence electrons. The second-order valence-corrected chi connectivity index (χ2v) is 10.5. The number of rotatable bonds is 3. The van der Waals surface area contributed by atoms with E-state index in [9.17, 15) is 4.79 Å². The monoisotopic (exact) mass is 492 g/mol. The Kier molecular flexibility index (Phi) is 5.57. The fraction of sp³-hybridized carbons (Fsp3) is 0.440. The molecule has 1 aromatic carbocycles. The molecule has 3 aromatic rings. The van der Waals surface area contributed by atoms with Crippen molar-refractivity contribution >= 4 is 45.3 Å². The minimum Gasteiger partial charge on any atom is -0.495 e. The molecule has 3 aliphatic heterocycles. The zero-order valence-electron chi connectivity index (χ0n) is 20.1. The number of hydrogen-bond donors (Lipinski definition) is 1. The Morgan fingerprint density at radius 1 is 1.20 bits per heavy atom. The molecule has 1 saturated heterocycles. The summed E-state index contributed by atoms with van der Waals surface area (Å²) in [6, 6.07) is 4.18. The smallest absolute Gasteiger partial charge is 0.320 e. The van der Waals surface area contributed by atoms with Gasteiger partial charge in [0, 0.05) is 30.7 Å². The van der Waals surface area contributed by atoms with Crippen molar-refractivity contribution in [2.75, 3.05) is 32.1 Å². The molecule has 0 spiro atoms. The van der Waals surface area contributed by atoms with Crippen LogP contribution in [0.1, 0.15) is 35.4 Å². The van der Waals surface area contributed by atoms with Gasteiger partial charge in [0.2, 0.25) is 0 Å². The van der Waals surface area contributed by atoms with E-state index in [0.717, 1.165) is 45.0 Å². The maximum atomic E-state index is 13.3. The molecular weight excluding hydrogens is 464 g/mol. The fourth-order valence-electron chi connectivity index (χ4n) is 5.25. The van der Waals surface area contributed by atoms with E-state index in [0.29, 0.717) is 32.7 Å². The van der Waals surface area contributed by atoms with Gasteiger partial charge in [-0.05, 0) is 49.1 Å². The zero-order valence-corrected chi connectivity index (χ0v) is 20.9. The number of carbonyl (C=O) groups excluding carboxylic acids is 1. The van der Waals surface area contributed by atoms with Gasteiger partial charge < -0.3 is 24.6 Å². The van der Waals surface area contributed by atoms with Crippen molar-refractivity contribution in [2.45, 2.75) is 45.6 Å². The molecule has 0 unspecified atom stereocenters. The lowest BCUT2D eigenvalue weighted by molar-refractivity contribution is -0.0585. The molecule has 35 heavy (non-hydrogen) atoms. The molecule has 3 aliphatic rings. The molecule has 1 N–H and O–H groups in total. The van der Waals surface area contributed by atoms with E-state index < -0.39 is 0 Å². The summed E-state index contributed by atoms with van der Waals surface area (Å²) in [7, 11) is 1.67. The molecule has 6 rings (SSSR count). The van der Waals surface area contributed by atoms with Crippen LogP contribution in [0.15, 0.2) is 23.5 Å². The molecule has 0 radical (unpaired) electrons. The highest BCUT2D eigenvalue weighted by Gasteiger charge is 2.32. The van der Waals surface area contributed by atoms with E-state index in [-0.39, 0.29) is 18.2 Å². The number of hydrogen-bond acceptors (Lipinski definition) is 8. The normalized spacial score (nSPS) is 21.2. The number of morpholine rings is 1. The number of amides is 2. The number of carbonyl (C=O) groups is 1. The van der Waals surface area contributed by atoms with Crippen molar-refractivity contribution in [2.24, 2.45) is 4.99 Å². The SMILES string of the molecule is COc1cc2c(cc1Nc1ncnc3sc4c(c13)CCN(C(=O)N1C[C@H](C)O[C@@H](C)C1)C4)C=NC2. The number of nitrogens with zero attached hydrogens (tertiary/aromatic N) is 5. The van der Waals surface area contributed by atoms with Gasteiger partial charge in [0.25, 0.3) is 0 Å². The highest BCUT2D eigenvalue weighted by molar-refractivity contribution is 7.19. The van der Waals surface area contributed by atoms with Gasteiger partial charge in [0.15, 0.2) is 0 Å². The van der Waals surface area contributed by atoms with Crippen molar-refractivity contribution in [1.82, 2.24) is 19.8 Å². The van der Waals surface area contributed by atoms with Gasteiger partial charge in [-0.3, -0.25) is 4.99 Å². The first-order valence-corrected chi connectivity index (χ1v) is 12.7. The predicted octanol–water partition coefficient (Wildman–Crippen LogP) is 3.96. The van der Waals surface area contributed by atoms with Crippen LogP contribution in [-0.4, -0.2) is 71.0 Å². The standard InChI is InChI=1S/C25H28N6O3S/c1-14-10-31(11-15(2)34-14)25(32)30-5-4-18-21(12-30)35-24-22(18)23(27-13-28-24)29-19-6-16-8-26-9-17(16)7-20(19)33-3/h6-8,13-15H,4-5,9-12H2,1-3H3,(H,27,28,29)/t14-,15-/m0/s1. The number of benzene rings is 1. The quantitative estimate of drug-likeness (QED) is 0.595. The van der Waals surface area contributed by atoms with Gasteiger partial charge in [-0.15, -0.1) is 11.3 Å². The van der Waals surface area contributed by atoms with Gasteiger partial charge in [0.1, 0.15) is 22.7 Å². The third-order valence-corrected chi connectivity index (χ3v) is 7.93. The minimum atomic E-state index is 0.0544. The number of nitrogens with one attached hydrogen (secondary N) is 1.